The van der Waals surface area contributed by atoms with Crippen molar-refractivity contribution in [1.29, 1.82) is 0 Å². The second-order valence-electron chi connectivity index (χ2n) is 17.9. The van der Waals surface area contributed by atoms with Crippen molar-refractivity contribution >= 4 is 22.6 Å². The van der Waals surface area contributed by atoms with E-state index in [1.54, 1.807) is 31.2 Å². The van der Waals surface area contributed by atoms with Gasteiger partial charge in [-0.3, -0.25) is 20.4 Å². The maximum absolute atomic E-state index is 12.2. The average Bonchev–Trinajstić information content (AvgIpc) is 2.00. The smallest absolute Gasteiger partial charge is 0.369 e. The predicted octanol–water partition coefficient (Wildman–Crippen LogP) is -1.41. The molecular weight excluding hydrogens is 1260 g/mol. The van der Waals surface area contributed by atoms with Crippen molar-refractivity contribution in [3.05, 3.63) is 159 Å². The molecular formula is C46H49IN32O8. The first-order valence-corrected chi connectivity index (χ1v) is 26.6. The number of hydrogen-bond donors (Lipinski definition) is 4. The number of nitrogens with one attached hydrogen (secondary N) is 4. The lowest BCUT2D eigenvalue weighted by Crippen LogP contribution is -2.24. The quantitative estimate of drug-likeness (QED) is 0.0566. The van der Waals surface area contributed by atoms with Crippen LogP contribution in [0.3, 0.4) is 0 Å². The normalized spacial score (nSPS) is 12.3. The monoisotopic (exact) mass is 1310 g/mol. The van der Waals surface area contributed by atoms with Gasteiger partial charge in [0.2, 0.25) is 23.5 Å². The molecule has 13 rings (SSSR count). The lowest BCUT2D eigenvalue weighted by Gasteiger charge is -2.11. The van der Waals surface area contributed by atoms with E-state index in [9.17, 15) is 19.2 Å². The number of nitrogens with zero attached hydrogens (tertiary/aromatic N) is 28. The summed E-state index contributed by atoms with van der Waals surface area (Å²) in [4.78, 5) is 81.4. The molecule has 448 valence electrons. The molecule has 41 heteroatoms. The fraction of sp³-hybridized carbons (Fsp3) is 0.304. The van der Waals surface area contributed by atoms with Crippen LogP contribution in [0, 0.1) is 10.6 Å². The SMILES string of the molecule is [3H]n1ccc(OCc2c(C)ncnc2-n2nnn(C)c2=O)n1.[3H]n1ccc(OCc2c(C3CC3)ncnc2-n2nnn(C)c2=O)n1.[3H]n1ccc(OCc2c(CC)ncnc2-n2nnn(C)c2=O)n1.[3H]n1ccc(OCc2c(I)ncnc2-n2nnn(C)c2=O)n1. The summed E-state index contributed by atoms with van der Waals surface area (Å²) in [6, 6.07) is 6.26. The summed E-state index contributed by atoms with van der Waals surface area (Å²) in [5.74, 6) is 2.79. The van der Waals surface area contributed by atoms with E-state index in [0.717, 1.165) is 82.1 Å². The first kappa shape index (κ1) is 53.6. The summed E-state index contributed by atoms with van der Waals surface area (Å²) in [5.41, 5.74) is 3.04. The summed E-state index contributed by atoms with van der Waals surface area (Å²) in [6.07, 6.45) is 14.0. The topological polar surface area (TPSA) is 466 Å². The summed E-state index contributed by atoms with van der Waals surface area (Å²) in [5, 5.41) is 48.8. The molecule has 0 saturated heterocycles. The molecule has 0 atom stereocenters. The van der Waals surface area contributed by atoms with Gasteiger partial charge in [0.05, 0.1) is 33.6 Å². The number of hydrogen-bond acceptors (Lipinski definition) is 28. The lowest BCUT2D eigenvalue weighted by atomic mass is 10.1. The standard InChI is InChI=1S/C13H14N8O2.C12H14N8O2.C11H12N8O2.C10H9IN8O2/c1-20-13(22)21(19-18-20)12-9(6-23-10-4-5-16-17-10)11(8-2-3-8)14-7-15-12;1-3-9-8(6-22-10-4-5-15-16-10)11(14-7-13-9)20-12(21)19(2)17-18-20;1-7-8(5-21-9-3-4-14-15-9)10(13-6-12-7)19-11(20)18(2)16-17-19;1-18-10(20)19(17-16-18)9-6(8(11)12-5-13-9)4-21-7-2-3-14-15-7/h4-5,7-8H,2-3,6H2,1H3,(H,16,17);4-5,7H,3,6H2,1-2H3,(H,15,16);3-4,6H,5H2,1-2H3,(H,14,15);2-3,5H,4H2,1H3,(H,14,15)/i/hT4. The molecule has 0 aliphatic heterocycles. The van der Waals surface area contributed by atoms with Crippen molar-refractivity contribution in [3.63, 3.8) is 0 Å². The second kappa shape index (κ2) is 26.9. The Morgan fingerprint density at radius 2 is 0.816 bits per heavy atom. The lowest BCUT2D eigenvalue weighted by molar-refractivity contribution is 0.290. The number of H-pyrrole nitrogens is 4. The van der Waals surface area contributed by atoms with Gasteiger partial charge in [-0.1, -0.05) is 6.92 Å². The highest BCUT2D eigenvalue weighted by molar-refractivity contribution is 14.1. The summed E-state index contributed by atoms with van der Waals surface area (Å²) < 4.78 is 60.9. The number of aromatic nitrogens is 32. The van der Waals surface area contributed by atoms with Gasteiger partial charge in [0.1, 0.15) is 55.4 Å². The van der Waals surface area contributed by atoms with E-state index in [4.69, 9.17) is 24.6 Å². The van der Waals surface area contributed by atoms with Crippen molar-refractivity contribution in [2.75, 3.05) is 0 Å². The zero-order chi connectivity index (χ0) is 64.5. The molecule has 0 bridgehead atoms. The van der Waals surface area contributed by atoms with E-state index in [1.807, 2.05) is 29.5 Å². The van der Waals surface area contributed by atoms with Gasteiger partial charge in [-0.15, -0.1) is 39.1 Å². The van der Waals surface area contributed by atoms with Gasteiger partial charge in [-0.2, -0.15) is 18.7 Å². The van der Waals surface area contributed by atoms with Gasteiger partial charge in [0.15, 0.2) is 28.9 Å². The third-order valence-electron chi connectivity index (χ3n) is 12.2. The molecule has 87 heavy (non-hydrogen) atoms. The number of rotatable bonds is 18. The molecule has 12 heterocycles. The van der Waals surface area contributed by atoms with E-state index in [0.29, 0.717) is 79.0 Å². The zero-order valence-corrected chi connectivity index (χ0v) is 48.6. The highest BCUT2D eigenvalue weighted by Gasteiger charge is 2.31. The van der Waals surface area contributed by atoms with Gasteiger partial charge in [-0.05, 0) is 90.5 Å². The Morgan fingerprint density at radius 1 is 0.471 bits per heavy atom. The minimum atomic E-state index is -0.425. The summed E-state index contributed by atoms with van der Waals surface area (Å²) >= 11 is 2.02. The minimum absolute atomic E-state index is 0.0779. The largest absolute Gasteiger partial charge is 0.472 e. The number of halogens is 1. The molecule has 12 aromatic rings. The molecule has 0 unspecified atom stereocenters. The molecule has 0 amide bonds. The first-order valence-electron chi connectivity index (χ1n) is 27.3. The van der Waals surface area contributed by atoms with E-state index in [1.165, 1.54) is 78.3 Å². The van der Waals surface area contributed by atoms with Crippen LogP contribution in [0.25, 0.3) is 23.3 Å². The molecule has 12 aromatic heterocycles. The van der Waals surface area contributed by atoms with Crippen LogP contribution in [0.2, 0.25) is 5.65 Å². The van der Waals surface area contributed by atoms with Crippen LogP contribution < -0.4 is 41.7 Å². The number of aromatic amines is 4. The maximum Gasteiger partial charge on any atom is 0.369 e. The molecule has 0 aromatic carbocycles. The van der Waals surface area contributed by atoms with Gasteiger partial charge >= 0.3 is 22.8 Å². The Bertz CT molecular complexity index is 4600. The van der Waals surface area contributed by atoms with Crippen LogP contribution in [0.1, 0.15) is 65.0 Å². The van der Waals surface area contributed by atoms with E-state index in [-0.39, 0.29) is 38.2 Å². The minimum Gasteiger partial charge on any atom is -0.472 e. The van der Waals surface area contributed by atoms with Crippen LogP contribution in [-0.2, 0) is 61.0 Å². The van der Waals surface area contributed by atoms with Gasteiger partial charge in [-0.25, -0.2) is 59.0 Å². The summed E-state index contributed by atoms with van der Waals surface area (Å²) in [6.45, 7) is 4.10. The van der Waals surface area contributed by atoms with E-state index >= 15 is 0 Å². The third kappa shape index (κ3) is 13.7. The highest BCUT2D eigenvalue weighted by Crippen LogP contribution is 2.41. The van der Waals surface area contributed by atoms with E-state index < -0.39 is 22.8 Å². The molecule has 4 N–H and O–H groups in total. The van der Waals surface area contributed by atoms with Gasteiger partial charge in [0.25, 0.3) is 0 Å². The van der Waals surface area contributed by atoms with Crippen LogP contribution in [0.5, 0.6) is 23.5 Å². The molecule has 1 aliphatic rings. The zero-order valence-electron chi connectivity index (χ0n) is 50.4. The Morgan fingerprint density at radius 3 is 1.20 bits per heavy atom. The van der Waals surface area contributed by atoms with Crippen molar-refractivity contribution in [1.82, 2.24) is 160 Å². The van der Waals surface area contributed by atoms with Crippen LogP contribution >= 0.6 is 22.6 Å². The molecule has 1 fully saturated rings. The fourth-order valence-corrected chi connectivity index (χ4v) is 8.13. The Labute approximate surface area is 505 Å². The van der Waals surface area contributed by atoms with E-state index in [2.05, 4.69) is 102 Å². The van der Waals surface area contributed by atoms with Crippen molar-refractivity contribution in [2.45, 2.75) is 65.5 Å². The molecule has 1 aliphatic carbocycles. The Hall–Kier alpha value is -11.4. The van der Waals surface area contributed by atoms with Crippen LogP contribution in [-0.4, -0.2) is 160 Å². The second-order valence-corrected chi connectivity index (χ2v) is 18.9. The molecule has 0 spiro atoms. The first-order chi connectivity index (χ1) is 43.8. The molecule has 1 saturated carbocycles. The summed E-state index contributed by atoms with van der Waals surface area (Å²) in [7, 11) is 6.02. The Kier molecular flexibility index (Phi) is 16.5. The van der Waals surface area contributed by atoms with Crippen molar-refractivity contribution in [2.24, 2.45) is 28.2 Å². The highest BCUT2D eigenvalue weighted by atomic mass is 127. The maximum atomic E-state index is 12.2. The van der Waals surface area contributed by atoms with Gasteiger partial charge in [0, 0.05) is 88.9 Å². The van der Waals surface area contributed by atoms with Crippen LogP contribution in [0.4, 0.5) is 0 Å². The van der Waals surface area contributed by atoms with Crippen molar-refractivity contribution < 1.29 is 24.6 Å². The third-order valence-corrected chi connectivity index (χ3v) is 13.1. The average molecular weight is 1310 g/mol. The number of ether oxygens (including phenoxy) is 4. The fourth-order valence-electron chi connectivity index (χ4n) is 7.61. The van der Waals surface area contributed by atoms with Gasteiger partial charge < -0.3 is 18.9 Å². The number of aryl methyl sites for hydroxylation is 6. The molecule has 0 radical (unpaired) electrons. The van der Waals surface area contributed by atoms with Crippen molar-refractivity contribution in [3.8, 4) is 46.8 Å². The molecule has 40 nitrogen and oxygen atoms in total. The predicted molar refractivity (Wildman–Crippen MR) is 299 cm³/mol. The van der Waals surface area contributed by atoms with Crippen LogP contribution in [0.15, 0.2) is 93.5 Å². The number of tetrazole rings is 4. The Balaban J connectivity index is 0.000000133.